The molecule has 1 fully saturated rings. The number of nitrogens with one attached hydrogen (secondary N) is 1. The Morgan fingerprint density at radius 1 is 1.18 bits per heavy atom. The molecule has 1 N–H and O–H groups in total. The first-order chi connectivity index (χ1) is 10.6. The van der Waals surface area contributed by atoms with Crippen LogP contribution in [0.25, 0.3) is 0 Å². The number of likely N-dealkylation sites (N-methyl/N-ethyl adjacent to an activating group) is 1. The van der Waals surface area contributed by atoms with Crippen LogP contribution in [0.2, 0.25) is 0 Å². The molecule has 0 aliphatic carbocycles. The highest BCUT2D eigenvalue weighted by molar-refractivity contribution is 8.13. The van der Waals surface area contributed by atoms with Crippen LogP contribution in [0.15, 0.2) is 4.99 Å². The number of fused-ring (bicyclic) bond motifs is 1. The molecular weight excluding hydrogens is 300 g/mol. The SMILES string of the molecule is CCCCCCSC1=NC2C(C(=O)NC(=O)N2C)N1CCC. The molecule has 2 atom stereocenters. The smallest absolute Gasteiger partial charge is 0.325 e. The standard InChI is InChI=1S/C15H26N4O2S/c1-4-6-7-8-10-22-15-16-12-11(19(15)9-5-2)13(20)17-14(21)18(12)3/h11-12H,4-10H2,1-3H3,(H,17,20,21). The summed E-state index contributed by atoms with van der Waals surface area (Å²) < 4.78 is 0. The first-order valence-corrected chi connectivity index (χ1v) is 9.13. The van der Waals surface area contributed by atoms with E-state index in [-0.39, 0.29) is 24.1 Å². The van der Waals surface area contributed by atoms with Gasteiger partial charge in [-0.3, -0.25) is 10.1 Å². The van der Waals surface area contributed by atoms with E-state index in [1.807, 2.05) is 0 Å². The van der Waals surface area contributed by atoms with Gasteiger partial charge >= 0.3 is 6.03 Å². The maximum Gasteiger partial charge on any atom is 0.325 e. The number of thioether (sulfide) groups is 1. The fourth-order valence-corrected chi connectivity index (χ4v) is 3.87. The number of carbonyl (C=O) groups is 2. The minimum atomic E-state index is -0.383. The molecule has 0 bridgehead atoms. The molecule has 124 valence electrons. The third-order valence-corrected chi connectivity index (χ3v) is 5.11. The molecule has 1 saturated heterocycles. The molecule has 6 nitrogen and oxygen atoms in total. The van der Waals surface area contributed by atoms with Crippen molar-refractivity contribution in [1.82, 2.24) is 15.1 Å². The highest BCUT2D eigenvalue weighted by atomic mass is 32.2. The van der Waals surface area contributed by atoms with Gasteiger partial charge in [-0.25, -0.2) is 9.79 Å². The van der Waals surface area contributed by atoms with Crippen molar-refractivity contribution in [3.63, 3.8) is 0 Å². The van der Waals surface area contributed by atoms with Crippen LogP contribution in [-0.4, -0.2) is 58.5 Å². The predicted molar refractivity (Wildman–Crippen MR) is 89.9 cm³/mol. The summed E-state index contributed by atoms with van der Waals surface area (Å²) in [5.74, 6) is 0.782. The van der Waals surface area contributed by atoms with Gasteiger partial charge in [-0.05, 0) is 12.8 Å². The van der Waals surface area contributed by atoms with Crippen LogP contribution in [0.5, 0.6) is 0 Å². The molecule has 7 heteroatoms. The Morgan fingerprint density at radius 2 is 1.95 bits per heavy atom. The van der Waals surface area contributed by atoms with Gasteiger partial charge in [0.2, 0.25) is 0 Å². The second-order valence-corrected chi connectivity index (χ2v) is 6.84. The zero-order valence-electron chi connectivity index (χ0n) is 13.7. The maximum atomic E-state index is 12.2. The van der Waals surface area contributed by atoms with Crippen LogP contribution < -0.4 is 5.32 Å². The number of carbonyl (C=O) groups excluding carboxylic acids is 2. The zero-order valence-corrected chi connectivity index (χ0v) is 14.5. The second-order valence-electron chi connectivity index (χ2n) is 5.78. The molecule has 0 spiro atoms. The number of aliphatic imine (C=N–C) groups is 1. The number of hydrogen-bond donors (Lipinski definition) is 1. The van der Waals surface area contributed by atoms with E-state index < -0.39 is 0 Å². The Bertz CT molecular complexity index is 455. The van der Waals surface area contributed by atoms with Gasteiger partial charge in [0, 0.05) is 19.3 Å². The van der Waals surface area contributed by atoms with Gasteiger partial charge in [-0.15, -0.1) is 0 Å². The molecule has 22 heavy (non-hydrogen) atoms. The first-order valence-electron chi connectivity index (χ1n) is 8.15. The lowest BCUT2D eigenvalue weighted by atomic mass is 10.1. The van der Waals surface area contributed by atoms with Gasteiger partial charge in [0.1, 0.15) is 0 Å². The number of amides is 3. The highest BCUT2D eigenvalue weighted by Crippen LogP contribution is 2.29. The normalized spacial score (nSPS) is 24.4. The molecular formula is C15H26N4O2S. The van der Waals surface area contributed by atoms with E-state index in [4.69, 9.17) is 0 Å². The van der Waals surface area contributed by atoms with E-state index in [1.165, 1.54) is 24.2 Å². The molecule has 2 aliphatic heterocycles. The topological polar surface area (TPSA) is 65.0 Å². The van der Waals surface area contributed by atoms with Crippen molar-refractivity contribution < 1.29 is 9.59 Å². The molecule has 2 aliphatic rings. The average molecular weight is 326 g/mol. The van der Waals surface area contributed by atoms with Crippen LogP contribution in [0.4, 0.5) is 4.79 Å². The van der Waals surface area contributed by atoms with E-state index >= 15 is 0 Å². The number of hydrogen-bond acceptors (Lipinski definition) is 5. The molecule has 2 unspecified atom stereocenters. The van der Waals surface area contributed by atoms with Crippen molar-refractivity contribution in [1.29, 1.82) is 0 Å². The molecule has 2 heterocycles. The summed E-state index contributed by atoms with van der Waals surface area (Å²) in [5.41, 5.74) is 0. The fraction of sp³-hybridized carbons (Fsp3) is 0.800. The lowest BCUT2D eigenvalue weighted by molar-refractivity contribution is -0.127. The maximum absolute atomic E-state index is 12.2. The Morgan fingerprint density at radius 3 is 2.64 bits per heavy atom. The fourth-order valence-electron chi connectivity index (χ4n) is 2.79. The Labute approximate surface area is 136 Å². The Kier molecular flexibility index (Phi) is 6.11. The highest BCUT2D eigenvalue weighted by Gasteiger charge is 2.48. The van der Waals surface area contributed by atoms with E-state index in [1.54, 1.807) is 18.8 Å². The van der Waals surface area contributed by atoms with Gasteiger partial charge in [0.05, 0.1) is 0 Å². The number of urea groups is 1. The number of imide groups is 1. The minimum absolute atomic E-state index is 0.230. The summed E-state index contributed by atoms with van der Waals surface area (Å²) >= 11 is 1.71. The summed E-state index contributed by atoms with van der Waals surface area (Å²) in [6.45, 7) is 5.08. The lowest BCUT2D eigenvalue weighted by Crippen LogP contribution is -2.63. The predicted octanol–water partition coefficient (Wildman–Crippen LogP) is 2.26. The monoisotopic (exact) mass is 326 g/mol. The van der Waals surface area contributed by atoms with Crippen molar-refractivity contribution in [2.24, 2.45) is 4.99 Å². The quantitative estimate of drug-likeness (QED) is 0.729. The zero-order chi connectivity index (χ0) is 16.1. The summed E-state index contributed by atoms with van der Waals surface area (Å²) in [6, 6.07) is -0.735. The summed E-state index contributed by atoms with van der Waals surface area (Å²) in [7, 11) is 1.70. The summed E-state index contributed by atoms with van der Waals surface area (Å²) in [4.78, 5) is 32.2. The molecule has 0 aromatic rings. The van der Waals surface area contributed by atoms with Gasteiger partial charge < -0.3 is 9.80 Å². The van der Waals surface area contributed by atoms with Gasteiger partial charge in [-0.1, -0.05) is 44.9 Å². The Hall–Kier alpha value is -1.24. The van der Waals surface area contributed by atoms with Crippen molar-refractivity contribution >= 4 is 28.9 Å². The number of rotatable bonds is 7. The van der Waals surface area contributed by atoms with Crippen LogP contribution in [0, 0.1) is 0 Å². The lowest BCUT2D eigenvalue weighted by Gasteiger charge is -2.36. The summed E-state index contributed by atoms with van der Waals surface area (Å²) in [6.07, 6.45) is 5.45. The van der Waals surface area contributed by atoms with Crippen LogP contribution in [0.1, 0.15) is 46.0 Å². The molecule has 3 amide bonds. The van der Waals surface area contributed by atoms with Crippen LogP contribution in [-0.2, 0) is 4.79 Å². The van der Waals surface area contributed by atoms with Crippen LogP contribution in [0.3, 0.4) is 0 Å². The number of nitrogens with zero attached hydrogens (tertiary/aromatic N) is 3. The average Bonchev–Trinajstić information content (AvgIpc) is 2.85. The Balaban J connectivity index is 2.03. The third-order valence-electron chi connectivity index (χ3n) is 4.02. The van der Waals surface area contributed by atoms with Crippen LogP contribution >= 0.6 is 11.8 Å². The molecule has 0 radical (unpaired) electrons. The van der Waals surface area contributed by atoms with Gasteiger partial charge in [0.25, 0.3) is 5.91 Å². The van der Waals surface area contributed by atoms with Gasteiger partial charge in [-0.2, -0.15) is 0 Å². The first kappa shape index (κ1) is 17.1. The van der Waals surface area contributed by atoms with Crippen molar-refractivity contribution in [3.8, 4) is 0 Å². The molecule has 2 rings (SSSR count). The third kappa shape index (κ3) is 3.56. The summed E-state index contributed by atoms with van der Waals surface area (Å²) in [5, 5.41) is 3.32. The van der Waals surface area contributed by atoms with Crippen molar-refractivity contribution in [2.45, 2.75) is 58.2 Å². The van der Waals surface area contributed by atoms with E-state index in [2.05, 4.69) is 29.1 Å². The van der Waals surface area contributed by atoms with Gasteiger partial charge in [0.15, 0.2) is 17.4 Å². The minimum Gasteiger partial charge on any atom is -0.336 e. The second kappa shape index (κ2) is 7.85. The number of amidine groups is 1. The van der Waals surface area contributed by atoms with E-state index in [0.717, 1.165) is 30.3 Å². The van der Waals surface area contributed by atoms with E-state index in [0.29, 0.717) is 0 Å². The molecule has 0 saturated carbocycles. The number of unbranched alkanes of at least 4 members (excludes halogenated alkanes) is 3. The molecule has 0 aromatic carbocycles. The molecule has 0 aromatic heterocycles. The van der Waals surface area contributed by atoms with Crippen molar-refractivity contribution in [3.05, 3.63) is 0 Å². The van der Waals surface area contributed by atoms with E-state index in [9.17, 15) is 9.59 Å². The largest absolute Gasteiger partial charge is 0.336 e. The van der Waals surface area contributed by atoms with Crippen molar-refractivity contribution in [2.75, 3.05) is 19.3 Å².